The maximum Gasteiger partial charge on any atom is 0.0547 e. The van der Waals surface area contributed by atoms with Gasteiger partial charge in [-0.15, -0.1) is 0 Å². The van der Waals surface area contributed by atoms with Gasteiger partial charge in [-0.3, -0.25) is 0 Å². The van der Waals surface area contributed by atoms with Gasteiger partial charge in [-0.1, -0.05) is 129 Å². The van der Waals surface area contributed by atoms with Crippen LogP contribution in [-0.4, -0.2) is 9.13 Å². The number of rotatable bonds is 4. The van der Waals surface area contributed by atoms with E-state index in [0.717, 1.165) is 11.4 Å². The van der Waals surface area contributed by atoms with Crippen molar-refractivity contribution in [3.8, 4) is 22.5 Å². The molecule has 2 aromatic heterocycles. The van der Waals surface area contributed by atoms with Crippen LogP contribution in [0.5, 0.6) is 0 Å². The Kier molecular flexibility index (Phi) is 6.98. The minimum atomic E-state index is -0.215. The van der Waals surface area contributed by atoms with E-state index in [0.29, 0.717) is 0 Å². The van der Waals surface area contributed by atoms with Gasteiger partial charge in [-0.25, -0.2) is 0 Å². The second-order valence-corrected chi connectivity index (χ2v) is 16.2. The van der Waals surface area contributed by atoms with Gasteiger partial charge in [0.05, 0.1) is 33.4 Å². The molecule has 0 fully saturated rings. The predicted octanol–water partition coefficient (Wildman–Crippen LogP) is 14.8. The van der Waals surface area contributed by atoms with Crippen molar-refractivity contribution in [1.82, 2.24) is 9.13 Å². The Labute approximate surface area is 337 Å². The topological polar surface area (TPSA) is 13.1 Å². The number of para-hydroxylation sites is 4. The van der Waals surface area contributed by atoms with Crippen molar-refractivity contribution in [3.05, 3.63) is 211 Å². The van der Waals surface area contributed by atoms with E-state index in [1.807, 2.05) is 0 Å². The summed E-state index contributed by atoms with van der Waals surface area (Å²) in [5, 5.41) is 7.55. The highest BCUT2D eigenvalue weighted by molar-refractivity contribution is 6.22. The van der Waals surface area contributed by atoms with Crippen molar-refractivity contribution in [2.45, 2.75) is 19.3 Å². The lowest BCUT2D eigenvalue weighted by Gasteiger charge is -2.42. The number of hydrogen-bond acceptors (Lipinski definition) is 1. The van der Waals surface area contributed by atoms with Crippen molar-refractivity contribution >= 4 is 71.4 Å². The maximum absolute atomic E-state index is 2.47. The lowest BCUT2D eigenvalue weighted by molar-refractivity contribution is 0.632. The van der Waals surface area contributed by atoms with Crippen molar-refractivity contribution in [3.63, 3.8) is 0 Å². The Balaban J connectivity index is 1.13. The quantitative estimate of drug-likeness (QED) is 0.175. The standard InChI is InChI=1S/C55H39N3/c1-55(2)46-24-14-15-25-50(46)58(41-21-10-5-11-22-41)53-34-44-43-32-37(27-29-48(43)57(52(44)35-47(53)55)40-19-8-4-9-20-40)38-28-30-49-45(33-38)54-42-23-13-12-16-36(42)26-31-51(54)56(49)39-17-6-3-7-18-39/h3-35H,1-2H3. The third-order valence-corrected chi connectivity index (χ3v) is 12.6. The molecule has 12 rings (SSSR count). The smallest absolute Gasteiger partial charge is 0.0547 e. The summed E-state index contributed by atoms with van der Waals surface area (Å²) in [5.41, 5.74) is 15.6. The van der Waals surface area contributed by atoms with Gasteiger partial charge in [0.2, 0.25) is 0 Å². The molecule has 3 nitrogen and oxygen atoms in total. The van der Waals surface area contributed by atoms with Gasteiger partial charge in [0.25, 0.3) is 0 Å². The van der Waals surface area contributed by atoms with E-state index in [4.69, 9.17) is 0 Å². The fraction of sp³-hybridized carbons (Fsp3) is 0.0545. The SMILES string of the molecule is CC1(C)c2ccccc2N(c2ccccc2)c2cc3c4cc(-c5ccc6c(c5)c5c7ccccc7ccc5n6-c5ccccc5)ccc4n(-c4ccccc4)c3cc21. The molecule has 1 aliphatic heterocycles. The molecule has 0 aliphatic carbocycles. The zero-order chi connectivity index (χ0) is 38.5. The molecule has 58 heavy (non-hydrogen) atoms. The molecule has 0 spiro atoms. The van der Waals surface area contributed by atoms with Crippen LogP contribution in [0.1, 0.15) is 25.0 Å². The monoisotopic (exact) mass is 741 g/mol. The predicted molar refractivity (Wildman–Crippen MR) is 245 cm³/mol. The van der Waals surface area contributed by atoms with E-state index < -0.39 is 0 Å². The van der Waals surface area contributed by atoms with E-state index in [1.165, 1.54) is 93.7 Å². The Morgan fingerprint density at radius 1 is 0.345 bits per heavy atom. The van der Waals surface area contributed by atoms with E-state index in [-0.39, 0.29) is 5.41 Å². The van der Waals surface area contributed by atoms with Crippen molar-refractivity contribution in [2.75, 3.05) is 4.90 Å². The molecular weight excluding hydrogens is 703 g/mol. The first-order valence-electron chi connectivity index (χ1n) is 20.2. The van der Waals surface area contributed by atoms with Gasteiger partial charge < -0.3 is 14.0 Å². The molecule has 0 bridgehead atoms. The molecule has 0 amide bonds. The minimum absolute atomic E-state index is 0.215. The molecule has 0 atom stereocenters. The Hall–Kier alpha value is -7.36. The molecule has 0 radical (unpaired) electrons. The highest BCUT2D eigenvalue weighted by Crippen LogP contribution is 2.54. The molecule has 0 unspecified atom stereocenters. The lowest BCUT2D eigenvalue weighted by atomic mass is 9.73. The fourth-order valence-electron chi connectivity index (χ4n) is 9.93. The number of hydrogen-bond donors (Lipinski definition) is 0. The molecular formula is C55H39N3. The van der Waals surface area contributed by atoms with Gasteiger partial charge in [-0.2, -0.15) is 0 Å². The summed E-state index contributed by atoms with van der Waals surface area (Å²) in [6, 6.07) is 73.7. The number of aromatic nitrogens is 2. The highest BCUT2D eigenvalue weighted by Gasteiger charge is 2.37. The molecule has 0 N–H and O–H groups in total. The Morgan fingerprint density at radius 2 is 0.879 bits per heavy atom. The van der Waals surface area contributed by atoms with Crippen molar-refractivity contribution in [2.24, 2.45) is 0 Å². The van der Waals surface area contributed by atoms with E-state index in [9.17, 15) is 0 Å². The maximum atomic E-state index is 2.47. The summed E-state index contributed by atoms with van der Waals surface area (Å²) in [6.45, 7) is 4.75. The fourth-order valence-corrected chi connectivity index (χ4v) is 9.93. The second-order valence-electron chi connectivity index (χ2n) is 16.2. The van der Waals surface area contributed by atoms with Crippen molar-refractivity contribution < 1.29 is 0 Å². The summed E-state index contributed by atoms with van der Waals surface area (Å²) in [5.74, 6) is 0. The van der Waals surface area contributed by atoms with Crippen LogP contribution >= 0.6 is 0 Å². The first-order chi connectivity index (χ1) is 28.5. The molecule has 1 aliphatic rings. The molecule has 274 valence electrons. The number of benzene rings is 9. The van der Waals surface area contributed by atoms with Crippen LogP contribution in [-0.2, 0) is 5.41 Å². The molecule has 3 heteroatoms. The molecule has 0 saturated carbocycles. The number of fused-ring (bicyclic) bond motifs is 10. The third-order valence-electron chi connectivity index (χ3n) is 12.6. The zero-order valence-electron chi connectivity index (χ0n) is 32.4. The average Bonchev–Trinajstić information content (AvgIpc) is 3.79. The average molecular weight is 742 g/mol. The summed E-state index contributed by atoms with van der Waals surface area (Å²) in [6.07, 6.45) is 0. The first kappa shape index (κ1) is 32.8. The molecule has 3 heterocycles. The van der Waals surface area contributed by atoms with E-state index >= 15 is 0 Å². The van der Waals surface area contributed by atoms with Crippen LogP contribution in [0.4, 0.5) is 17.1 Å². The Morgan fingerprint density at radius 3 is 1.59 bits per heavy atom. The van der Waals surface area contributed by atoms with Crippen LogP contribution in [0.25, 0.3) is 76.9 Å². The number of anilines is 3. The molecule has 9 aromatic carbocycles. The summed E-state index contributed by atoms with van der Waals surface area (Å²) >= 11 is 0. The largest absolute Gasteiger partial charge is 0.310 e. The number of nitrogens with zero attached hydrogens (tertiary/aromatic N) is 3. The van der Waals surface area contributed by atoms with E-state index in [2.05, 4.69) is 228 Å². The summed E-state index contributed by atoms with van der Waals surface area (Å²) < 4.78 is 4.87. The van der Waals surface area contributed by atoms with Gasteiger partial charge in [-0.05, 0) is 118 Å². The first-order valence-corrected chi connectivity index (χ1v) is 20.2. The van der Waals surface area contributed by atoms with Crippen LogP contribution in [0.3, 0.4) is 0 Å². The van der Waals surface area contributed by atoms with Crippen LogP contribution in [0.15, 0.2) is 200 Å². The van der Waals surface area contributed by atoms with E-state index in [1.54, 1.807) is 0 Å². The van der Waals surface area contributed by atoms with Gasteiger partial charge in [0, 0.05) is 44.0 Å². The van der Waals surface area contributed by atoms with Gasteiger partial charge in [0.1, 0.15) is 0 Å². The molecule has 11 aromatic rings. The van der Waals surface area contributed by atoms with Gasteiger partial charge >= 0.3 is 0 Å². The van der Waals surface area contributed by atoms with Crippen LogP contribution in [0, 0.1) is 0 Å². The summed E-state index contributed by atoms with van der Waals surface area (Å²) in [4.78, 5) is 2.46. The Bertz CT molecular complexity index is 3410. The minimum Gasteiger partial charge on any atom is -0.310 e. The zero-order valence-corrected chi connectivity index (χ0v) is 32.4. The lowest BCUT2D eigenvalue weighted by Crippen LogP contribution is -2.30. The van der Waals surface area contributed by atoms with Crippen molar-refractivity contribution in [1.29, 1.82) is 0 Å². The van der Waals surface area contributed by atoms with Crippen LogP contribution < -0.4 is 4.90 Å². The second kappa shape index (κ2) is 12.3. The van der Waals surface area contributed by atoms with Gasteiger partial charge in [0.15, 0.2) is 0 Å². The highest BCUT2D eigenvalue weighted by atomic mass is 15.2. The summed E-state index contributed by atoms with van der Waals surface area (Å²) in [7, 11) is 0. The van der Waals surface area contributed by atoms with Crippen LogP contribution in [0.2, 0.25) is 0 Å². The normalized spacial score (nSPS) is 13.4. The third kappa shape index (κ3) is 4.68. The molecule has 0 saturated heterocycles.